The molecule has 0 radical (unpaired) electrons. The zero-order chi connectivity index (χ0) is 13.1. The van der Waals surface area contributed by atoms with Gasteiger partial charge in [-0.3, -0.25) is 4.79 Å². The lowest BCUT2D eigenvalue weighted by Crippen LogP contribution is -2.22. The van der Waals surface area contributed by atoms with E-state index in [2.05, 4.69) is 5.32 Å². The summed E-state index contributed by atoms with van der Waals surface area (Å²) in [6.07, 6.45) is 0. The van der Waals surface area contributed by atoms with Gasteiger partial charge >= 0.3 is 0 Å². The van der Waals surface area contributed by atoms with Gasteiger partial charge in [-0.1, -0.05) is 0 Å². The highest BCUT2D eigenvalue weighted by Gasteiger charge is 2.08. The quantitative estimate of drug-likeness (QED) is 0.818. The number of furan rings is 1. The van der Waals surface area contributed by atoms with Gasteiger partial charge in [0.2, 0.25) is 0 Å². The molecule has 1 aromatic heterocycles. The van der Waals surface area contributed by atoms with Crippen LogP contribution in [-0.4, -0.2) is 5.91 Å². The standard InChI is InChI=1S/C13H13FN2O2/c1-8-2-3-12(18-8)7-16-13(17)9-4-10(14)6-11(15)5-9/h2-6H,7,15H2,1H3,(H,16,17). The number of rotatable bonds is 3. The lowest BCUT2D eigenvalue weighted by atomic mass is 10.2. The first-order valence-corrected chi connectivity index (χ1v) is 5.44. The highest BCUT2D eigenvalue weighted by atomic mass is 19.1. The minimum atomic E-state index is -0.533. The number of hydrogen-bond donors (Lipinski definition) is 2. The molecule has 0 saturated heterocycles. The number of anilines is 1. The molecule has 0 spiro atoms. The van der Waals surface area contributed by atoms with Crippen molar-refractivity contribution in [1.82, 2.24) is 5.32 Å². The molecule has 0 fully saturated rings. The van der Waals surface area contributed by atoms with Crippen LogP contribution in [0.5, 0.6) is 0 Å². The van der Waals surface area contributed by atoms with Crippen LogP contribution in [-0.2, 0) is 6.54 Å². The minimum Gasteiger partial charge on any atom is -0.465 e. The van der Waals surface area contributed by atoms with Gasteiger partial charge in [-0.15, -0.1) is 0 Å². The molecule has 0 bridgehead atoms. The Balaban J connectivity index is 2.03. The van der Waals surface area contributed by atoms with E-state index in [0.29, 0.717) is 5.76 Å². The Morgan fingerprint density at radius 1 is 1.39 bits per heavy atom. The fraction of sp³-hybridized carbons (Fsp3) is 0.154. The predicted octanol–water partition coefficient (Wildman–Crippen LogP) is 2.24. The number of aryl methyl sites for hydroxylation is 1. The Bertz CT molecular complexity index is 558. The van der Waals surface area contributed by atoms with Crippen molar-refractivity contribution in [3.8, 4) is 0 Å². The van der Waals surface area contributed by atoms with E-state index in [9.17, 15) is 9.18 Å². The summed E-state index contributed by atoms with van der Waals surface area (Å²) < 4.78 is 18.4. The molecule has 2 rings (SSSR count). The summed E-state index contributed by atoms with van der Waals surface area (Å²) in [7, 11) is 0. The second kappa shape index (κ2) is 4.91. The molecule has 1 amide bonds. The predicted molar refractivity (Wildman–Crippen MR) is 65.4 cm³/mol. The van der Waals surface area contributed by atoms with Crippen LogP contribution < -0.4 is 11.1 Å². The van der Waals surface area contributed by atoms with Crippen LogP contribution in [0.4, 0.5) is 10.1 Å². The van der Waals surface area contributed by atoms with Crippen molar-refractivity contribution < 1.29 is 13.6 Å². The Morgan fingerprint density at radius 2 is 2.17 bits per heavy atom. The van der Waals surface area contributed by atoms with E-state index in [0.717, 1.165) is 17.9 Å². The van der Waals surface area contributed by atoms with E-state index >= 15 is 0 Å². The smallest absolute Gasteiger partial charge is 0.251 e. The van der Waals surface area contributed by atoms with E-state index in [-0.39, 0.29) is 17.8 Å². The first-order chi connectivity index (χ1) is 8.54. The first kappa shape index (κ1) is 12.2. The van der Waals surface area contributed by atoms with Crippen LogP contribution in [0.3, 0.4) is 0 Å². The lowest BCUT2D eigenvalue weighted by Gasteiger charge is -2.04. The molecule has 0 atom stereocenters. The Hall–Kier alpha value is -2.30. The molecule has 18 heavy (non-hydrogen) atoms. The number of carbonyl (C=O) groups excluding carboxylic acids is 1. The zero-order valence-corrected chi connectivity index (χ0v) is 9.87. The van der Waals surface area contributed by atoms with Crippen LogP contribution >= 0.6 is 0 Å². The third-order valence-electron chi connectivity index (χ3n) is 2.40. The summed E-state index contributed by atoms with van der Waals surface area (Å²) in [6.45, 7) is 2.07. The maximum absolute atomic E-state index is 13.1. The van der Waals surface area contributed by atoms with Crippen LogP contribution in [0.2, 0.25) is 0 Å². The highest BCUT2D eigenvalue weighted by molar-refractivity contribution is 5.94. The SMILES string of the molecule is Cc1ccc(CNC(=O)c2cc(N)cc(F)c2)o1. The largest absolute Gasteiger partial charge is 0.465 e. The number of nitrogens with two attached hydrogens (primary N) is 1. The molecule has 0 unspecified atom stereocenters. The van der Waals surface area contributed by atoms with Crippen molar-refractivity contribution in [3.05, 3.63) is 53.2 Å². The summed E-state index contributed by atoms with van der Waals surface area (Å²) in [6, 6.07) is 7.30. The third-order valence-corrected chi connectivity index (χ3v) is 2.40. The molecule has 0 aliphatic rings. The van der Waals surface area contributed by atoms with E-state index in [1.807, 2.05) is 13.0 Å². The molecule has 1 aromatic carbocycles. The van der Waals surface area contributed by atoms with Gasteiger partial charge in [0.1, 0.15) is 17.3 Å². The summed E-state index contributed by atoms with van der Waals surface area (Å²) in [5.41, 5.74) is 5.88. The topological polar surface area (TPSA) is 68.3 Å². The van der Waals surface area contributed by atoms with Gasteiger partial charge in [-0.2, -0.15) is 0 Å². The molecule has 2 aromatic rings. The van der Waals surface area contributed by atoms with Gasteiger partial charge in [0.05, 0.1) is 6.54 Å². The summed E-state index contributed by atoms with van der Waals surface area (Å²) in [5, 5.41) is 2.63. The fourth-order valence-corrected chi connectivity index (χ4v) is 1.59. The summed E-state index contributed by atoms with van der Waals surface area (Å²) >= 11 is 0. The molecular formula is C13H13FN2O2. The number of amides is 1. The van der Waals surface area contributed by atoms with Gasteiger partial charge in [-0.25, -0.2) is 4.39 Å². The monoisotopic (exact) mass is 248 g/mol. The number of hydrogen-bond acceptors (Lipinski definition) is 3. The zero-order valence-electron chi connectivity index (χ0n) is 9.87. The maximum atomic E-state index is 13.1. The van der Waals surface area contributed by atoms with Crippen molar-refractivity contribution in [2.45, 2.75) is 13.5 Å². The average Bonchev–Trinajstić information content (AvgIpc) is 2.70. The Labute approximate surface area is 104 Å². The molecule has 5 heteroatoms. The van der Waals surface area contributed by atoms with Crippen molar-refractivity contribution in [1.29, 1.82) is 0 Å². The molecule has 94 valence electrons. The molecule has 0 aliphatic carbocycles. The third kappa shape index (κ3) is 2.88. The van der Waals surface area contributed by atoms with E-state index < -0.39 is 11.7 Å². The number of nitrogen functional groups attached to an aromatic ring is 1. The van der Waals surface area contributed by atoms with Gasteiger partial charge in [0.25, 0.3) is 5.91 Å². The fourth-order valence-electron chi connectivity index (χ4n) is 1.59. The van der Waals surface area contributed by atoms with Crippen molar-refractivity contribution in [2.75, 3.05) is 5.73 Å². The number of benzene rings is 1. The van der Waals surface area contributed by atoms with Gasteiger partial charge in [0.15, 0.2) is 0 Å². The molecule has 0 aliphatic heterocycles. The Kier molecular flexibility index (Phi) is 3.32. The second-order valence-electron chi connectivity index (χ2n) is 3.97. The van der Waals surface area contributed by atoms with Crippen molar-refractivity contribution >= 4 is 11.6 Å². The molecule has 3 N–H and O–H groups in total. The Morgan fingerprint density at radius 3 is 2.78 bits per heavy atom. The van der Waals surface area contributed by atoms with Crippen molar-refractivity contribution in [3.63, 3.8) is 0 Å². The maximum Gasteiger partial charge on any atom is 0.251 e. The first-order valence-electron chi connectivity index (χ1n) is 5.44. The van der Waals surface area contributed by atoms with Crippen LogP contribution in [0.15, 0.2) is 34.7 Å². The van der Waals surface area contributed by atoms with E-state index in [4.69, 9.17) is 10.2 Å². The molecular weight excluding hydrogens is 235 g/mol. The van der Waals surface area contributed by atoms with Gasteiger partial charge in [-0.05, 0) is 37.3 Å². The number of carbonyl (C=O) groups is 1. The highest BCUT2D eigenvalue weighted by Crippen LogP contribution is 2.11. The van der Waals surface area contributed by atoms with Crippen LogP contribution in [0, 0.1) is 12.7 Å². The molecule has 4 nitrogen and oxygen atoms in total. The second-order valence-corrected chi connectivity index (χ2v) is 3.97. The van der Waals surface area contributed by atoms with E-state index in [1.165, 1.54) is 6.07 Å². The summed E-state index contributed by atoms with van der Waals surface area (Å²) in [5.74, 6) is 0.490. The summed E-state index contributed by atoms with van der Waals surface area (Å²) in [4.78, 5) is 11.8. The molecule has 0 saturated carbocycles. The van der Waals surface area contributed by atoms with Crippen LogP contribution in [0.1, 0.15) is 21.9 Å². The van der Waals surface area contributed by atoms with E-state index in [1.54, 1.807) is 6.07 Å². The van der Waals surface area contributed by atoms with Gasteiger partial charge in [0, 0.05) is 11.3 Å². The normalized spacial score (nSPS) is 10.3. The number of nitrogens with one attached hydrogen (secondary N) is 1. The van der Waals surface area contributed by atoms with Crippen molar-refractivity contribution in [2.24, 2.45) is 0 Å². The molecule has 1 heterocycles. The average molecular weight is 248 g/mol. The van der Waals surface area contributed by atoms with Gasteiger partial charge < -0.3 is 15.5 Å². The van der Waals surface area contributed by atoms with Crippen LogP contribution in [0.25, 0.3) is 0 Å². The minimum absolute atomic E-state index is 0.191. The number of halogens is 1. The lowest BCUT2D eigenvalue weighted by molar-refractivity contribution is 0.0947.